The van der Waals surface area contributed by atoms with Crippen LogP contribution < -0.4 is 15.8 Å². The van der Waals surface area contributed by atoms with Crippen LogP contribution in [-0.4, -0.2) is 47.2 Å². The zero-order valence-electron chi connectivity index (χ0n) is 20.4. The maximum atomic E-state index is 11.5. The maximum Gasteiger partial charge on any atom is 0.219 e. The van der Waals surface area contributed by atoms with E-state index in [1.807, 2.05) is 32.0 Å². The Bertz CT molecular complexity index is 1170. The number of fused-ring (bicyclic) bond motifs is 1. The van der Waals surface area contributed by atoms with E-state index in [4.69, 9.17) is 10.5 Å². The molecule has 1 aromatic heterocycles. The van der Waals surface area contributed by atoms with Crippen molar-refractivity contribution in [2.24, 2.45) is 0 Å². The molecule has 34 heavy (non-hydrogen) atoms. The number of carbonyl (C=O) groups is 1. The highest BCUT2D eigenvalue weighted by Gasteiger charge is 2.21. The SMILES string of the molecule is CNC(=O)CCCN1CCc2c(ccc(-c3nnc(-c4ccc(OC(C)C)c(N)c4)s3)c2C)C1. The molecule has 3 aromatic rings. The van der Waals surface area contributed by atoms with E-state index in [9.17, 15) is 4.79 Å². The van der Waals surface area contributed by atoms with Gasteiger partial charge in [0.05, 0.1) is 11.8 Å². The molecule has 0 spiro atoms. The Kier molecular flexibility index (Phi) is 7.48. The summed E-state index contributed by atoms with van der Waals surface area (Å²) in [5.41, 5.74) is 12.9. The van der Waals surface area contributed by atoms with E-state index in [0.717, 1.165) is 53.6 Å². The number of benzene rings is 2. The third kappa shape index (κ3) is 5.39. The molecule has 4 rings (SSSR count). The normalized spacial score (nSPS) is 13.7. The fourth-order valence-electron chi connectivity index (χ4n) is 4.40. The number of carbonyl (C=O) groups excluding carboxylic acids is 1. The van der Waals surface area contributed by atoms with Crippen molar-refractivity contribution in [2.75, 3.05) is 25.9 Å². The van der Waals surface area contributed by atoms with Crippen LogP contribution in [0.4, 0.5) is 5.69 Å². The molecule has 0 unspecified atom stereocenters. The van der Waals surface area contributed by atoms with Crippen LogP contribution in [0.1, 0.15) is 43.4 Å². The third-order valence-electron chi connectivity index (χ3n) is 6.20. The molecule has 0 saturated carbocycles. The summed E-state index contributed by atoms with van der Waals surface area (Å²) in [7, 11) is 1.69. The Hall–Kier alpha value is -2.97. The van der Waals surface area contributed by atoms with Gasteiger partial charge in [-0.1, -0.05) is 23.5 Å². The number of hydrogen-bond acceptors (Lipinski definition) is 7. The number of aromatic nitrogens is 2. The number of nitrogens with two attached hydrogens (primary N) is 1. The highest BCUT2D eigenvalue weighted by atomic mass is 32.1. The number of nitrogen functional groups attached to an aromatic ring is 1. The largest absolute Gasteiger partial charge is 0.489 e. The van der Waals surface area contributed by atoms with Crippen molar-refractivity contribution in [3.8, 4) is 26.9 Å². The van der Waals surface area contributed by atoms with Gasteiger partial charge in [0.15, 0.2) is 0 Å². The second-order valence-electron chi connectivity index (χ2n) is 9.01. The molecule has 0 fully saturated rings. The summed E-state index contributed by atoms with van der Waals surface area (Å²) in [6.07, 6.45) is 2.54. The lowest BCUT2D eigenvalue weighted by molar-refractivity contribution is -0.120. The molecule has 1 amide bonds. The molecule has 2 heterocycles. The molecular weight excluding hydrogens is 446 g/mol. The predicted molar refractivity (Wildman–Crippen MR) is 138 cm³/mol. The molecule has 0 bridgehead atoms. The van der Waals surface area contributed by atoms with Crippen LogP contribution in [-0.2, 0) is 17.8 Å². The zero-order chi connectivity index (χ0) is 24.2. The van der Waals surface area contributed by atoms with Gasteiger partial charge in [-0.25, -0.2) is 0 Å². The molecule has 2 aromatic carbocycles. The van der Waals surface area contributed by atoms with E-state index < -0.39 is 0 Å². The van der Waals surface area contributed by atoms with Crippen LogP contribution in [0.5, 0.6) is 5.75 Å². The highest BCUT2D eigenvalue weighted by Crippen LogP contribution is 2.36. The molecule has 1 aliphatic rings. The van der Waals surface area contributed by atoms with Crippen molar-refractivity contribution in [3.05, 3.63) is 47.0 Å². The molecule has 8 heteroatoms. The molecule has 180 valence electrons. The van der Waals surface area contributed by atoms with Crippen molar-refractivity contribution in [3.63, 3.8) is 0 Å². The molecule has 1 aliphatic heterocycles. The van der Waals surface area contributed by atoms with Gasteiger partial charge in [0, 0.05) is 37.7 Å². The Morgan fingerprint density at radius 2 is 2.03 bits per heavy atom. The molecule has 7 nitrogen and oxygen atoms in total. The summed E-state index contributed by atoms with van der Waals surface area (Å²) >= 11 is 1.58. The number of hydrogen-bond donors (Lipinski definition) is 2. The number of ether oxygens (including phenoxy) is 1. The van der Waals surface area contributed by atoms with Crippen LogP contribution in [0.15, 0.2) is 30.3 Å². The first kappa shape index (κ1) is 24.2. The summed E-state index contributed by atoms with van der Waals surface area (Å²) in [5, 5.41) is 13.4. The first-order chi connectivity index (χ1) is 16.4. The Balaban J connectivity index is 1.48. The van der Waals surface area contributed by atoms with E-state index >= 15 is 0 Å². The summed E-state index contributed by atoms with van der Waals surface area (Å²) < 4.78 is 5.74. The van der Waals surface area contributed by atoms with Gasteiger partial charge in [-0.2, -0.15) is 0 Å². The number of nitrogens with one attached hydrogen (secondary N) is 1. The van der Waals surface area contributed by atoms with Crippen molar-refractivity contribution in [2.45, 2.75) is 52.7 Å². The van der Waals surface area contributed by atoms with E-state index in [-0.39, 0.29) is 12.0 Å². The summed E-state index contributed by atoms with van der Waals surface area (Å²) in [5.74, 6) is 0.800. The number of anilines is 1. The molecule has 3 N–H and O–H groups in total. The van der Waals surface area contributed by atoms with Crippen molar-refractivity contribution in [1.82, 2.24) is 20.4 Å². The number of nitrogens with zero attached hydrogens (tertiary/aromatic N) is 3. The van der Waals surface area contributed by atoms with E-state index in [1.165, 1.54) is 16.7 Å². The van der Waals surface area contributed by atoms with Crippen molar-refractivity contribution in [1.29, 1.82) is 0 Å². The predicted octanol–water partition coefficient (Wildman–Crippen LogP) is 4.43. The monoisotopic (exact) mass is 479 g/mol. The quantitative estimate of drug-likeness (QED) is 0.464. The van der Waals surface area contributed by atoms with Crippen LogP contribution >= 0.6 is 11.3 Å². The second kappa shape index (κ2) is 10.5. The third-order valence-corrected chi connectivity index (χ3v) is 7.20. The minimum absolute atomic E-state index is 0.0721. The van der Waals surface area contributed by atoms with Crippen LogP contribution in [0.3, 0.4) is 0 Å². The van der Waals surface area contributed by atoms with Gasteiger partial charge >= 0.3 is 0 Å². The van der Waals surface area contributed by atoms with Gasteiger partial charge in [0.25, 0.3) is 0 Å². The van der Waals surface area contributed by atoms with E-state index in [2.05, 4.69) is 39.5 Å². The Morgan fingerprint density at radius 3 is 2.76 bits per heavy atom. The lowest BCUT2D eigenvalue weighted by Crippen LogP contribution is -2.32. The van der Waals surface area contributed by atoms with E-state index in [0.29, 0.717) is 17.9 Å². The summed E-state index contributed by atoms with van der Waals surface area (Å²) in [6, 6.07) is 10.2. The van der Waals surface area contributed by atoms with Gasteiger partial charge in [0.2, 0.25) is 5.91 Å². The van der Waals surface area contributed by atoms with Crippen LogP contribution in [0.2, 0.25) is 0 Å². The van der Waals surface area contributed by atoms with Gasteiger partial charge in [-0.3, -0.25) is 9.69 Å². The van der Waals surface area contributed by atoms with Crippen LogP contribution in [0.25, 0.3) is 21.1 Å². The van der Waals surface area contributed by atoms with Gasteiger partial charge < -0.3 is 15.8 Å². The lowest BCUT2D eigenvalue weighted by Gasteiger charge is -2.30. The Labute approximate surface area is 205 Å². The first-order valence-electron chi connectivity index (χ1n) is 11.8. The van der Waals surface area contributed by atoms with Gasteiger partial charge in [0.1, 0.15) is 15.8 Å². The molecule has 0 radical (unpaired) electrons. The highest BCUT2D eigenvalue weighted by molar-refractivity contribution is 7.17. The molecular formula is C26H33N5O2S. The minimum atomic E-state index is 0.0721. The topological polar surface area (TPSA) is 93.4 Å². The fourth-order valence-corrected chi connectivity index (χ4v) is 5.32. The number of rotatable bonds is 8. The van der Waals surface area contributed by atoms with Crippen molar-refractivity contribution >= 4 is 22.9 Å². The second-order valence-corrected chi connectivity index (χ2v) is 9.99. The fraction of sp³-hybridized carbons (Fsp3) is 0.423. The zero-order valence-corrected chi connectivity index (χ0v) is 21.2. The maximum absolute atomic E-state index is 11.5. The minimum Gasteiger partial charge on any atom is -0.489 e. The standard InChI is InChI=1S/C26H33N5O2S/c1-16(2)33-23-10-8-18(14-22(23)27)25-29-30-26(34-25)21-9-7-19-15-31(12-5-6-24(32)28-4)13-11-20(19)17(21)3/h7-10,14,16H,5-6,11-13,15,27H2,1-4H3,(H,28,32). The molecule has 0 atom stereocenters. The summed E-state index contributed by atoms with van der Waals surface area (Å²) in [4.78, 5) is 13.9. The van der Waals surface area contributed by atoms with Gasteiger partial charge in [-0.05, 0) is 75.0 Å². The molecule has 0 saturated heterocycles. The average Bonchev–Trinajstić information content (AvgIpc) is 3.30. The first-order valence-corrected chi connectivity index (χ1v) is 12.6. The number of amides is 1. The summed E-state index contributed by atoms with van der Waals surface area (Å²) in [6.45, 7) is 9.03. The van der Waals surface area contributed by atoms with E-state index in [1.54, 1.807) is 18.4 Å². The molecule has 0 aliphatic carbocycles. The Morgan fingerprint density at radius 1 is 1.24 bits per heavy atom. The smallest absolute Gasteiger partial charge is 0.219 e. The van der Waals surface area contributed by atoms with Gasteiger partial charge in [-0.15, -0.1) is 10.2 Å². The van der Waals surface area contributed by atoms with Crippen molar-refractivity contribution < 1.29 is 9.53 Å². The average molecular weight is 480 g/mol. The van der Waals surface area contributed by atoms with Crippen LogP contribution in [0, 0.1) is 6.92 Å². The lowest BCUT2D eigenvalue weighted by atomic mass is 9.92.